The van der Waals surface area contributed by atoms with Crippen molar-refractivity contribution in [3.05, 3.63) is 62.4 Å². The monoisotopic (exact) mass is 489 g/mol. The number of hydrogen-bond donors (Lipinski definition) is 2. The highest BCUT2D eigenvalue weighted by atomic mass is 35.5. The summed E-state index contributed by atoms with van der Waals surface area (Å²) < 4.78 is 0. The predicted octanol–water partition coefficient (Wildman–Crippen LogP) is 6.83. The van der Waals surface area contributed by atoms with Crippen molar-refractivity contribution in [3.63, 3.8) is 0 Å². The van der Waals surface area contributed by atoms with Crippen LogP contribution in [0.5, 0.6) is 0 Å². The molecule has 2 heterocycles. The first-order valence-electron chi connectivity index (χ1n) is 10.8. The molecule has 0 saturated carbocycles. The van der Waals surface area contributed by atoms with Gasteiger partial charge in [-0.2, -0.15) is 0 Å². The molecule has 2 amide bonds. The second-order valence-corrected chi connectivity index (χ2v) is 10.4. The summed E-state index contributed by atoms with van der Waals surface area (Å²) in [7, 11) is 0. The van der Waals surface area contributed by atoms with Gasteiger partial charge >= 0.3 is 6.09 Å². The van der Waals surface area contributed by atoms with Gasteiger partial charge in [-0.05, 0) is 61.4 Å². The van der Waals surface area contributed by atoms with Gasteiger partial charge in [0.25, 0.3) is 5.91 Å². The lowest BCUT2D eigenvalue weighted by molar-refractivity contribution is 0.0724. The lowest BCUT2D eigenvalue weighted by atomic mass is 9.79. The quantitative estimate of drug-likeness (QED) is 0.494. The molecule has 2 aromatic rings. The normalized spacial score (nSPS) is 17.8. The summed E-state index contributed by atoms with van der Waals surface area (Å²) in [6.07, 6.45) is 3.97. The molecule has 0 bridgehead atoms. The van der Waals surface area contributed by atoms with Gasteiger partial charge in [-0.3, -0.25) is 9.78 Å². The van der Waals surface area contributed by atoms with Gasteiger partial charge in [-0.15, -0.1) is 0 Å². The zero-order chi connectivity index (χ0) is 24.5. The molecule has 33 heavy (non-hydrogen) atoms. The van der Waals surface area contributed by atoms with E-state index in [4.69, 9.17) is 23.2 Å². The lowest BCUT2D eigenvalue weighted by Gasteiger charge is -2.42. The third-order valence-corrected chi connectivity index (χ3v) is 6.66. The fourth-order valence-corrected chi connectivity index (χ4v) is 4.43. The number of likely N-dealkylation sites (tertiary alicyclic amines) is 1. The van der Waals surface area contributed by atoms with E-state index < -0.39 is 6.09 Å². The maximum absolute atomic E-state index is 12.8. The summed E-state index contributed by atoms with van der Waals surface area (Å²) in [5.74, 6) is -0.323. The number of pyridine rings is 1. The zero-order valence-corrected chi connectivity index (χ0v) is 21.0. The van der Waals surface area contributed by atoms with E-state index in [1.807, 2.05) is 13.0 Å². The molecule has 176 valence electrons. The van der Waals surface area contributed by atoms with Gasteiger partial charge in [0, 0.05) is 29.5 Å². The third kappa shape index (κ3) is 5.87. The van der Waals surface area contributed by atoms with Crippen molar-refractivity contribution < 1.29 is 14.7 Å². The average molecular weight is 490 g/mol. The van der Waals surface area contributed by atoms with Crippen LogP contribution in [0.2, 0.25) is 10.0 Å². The van der Waals surface area contributed by atoms with Gasteiger partial charge in [-0.25, -0.2) is 4.79 Å². The Morgan fingerprint density at radius 3 is 2.52 bits per heavy atom. The van der Waals surface area contributed by atoms with Crippen molar-refractivity contribution in [1.82, 2.24) is 9.88 Å². The first kappa shape index (κ1) is 25.1. The number of halogens is 2. The smallest absolute Gasteiger partial charge is 0.407 e. The molecule has 1 aliphatic heterocycles. The van der Waals surface area contributed by atoms with Crippen molar-refractivity contribution in [2.24, 2.45) is 5.41 Å². The number of anilines is 1. The zero-order valence-electron chi connectivity index (χ0n) is 19.5. The van der Waals surface area contributed by atoms with E-state index in [-0.39, 0.29) is 17.4 Å². The van der Waals surface area contributed by atoms with E-state index in [9.17, 15) is 14.7 Å². The fraction of sp³-hybridized carbons (Fsp3) is 0.400. The molecule has 8 heteroatoms. The maximum Gasteiger partial charge on any atom is 0.407 e. The molecule has 0 radical (unpaired) electrons. The van der Waals surface area contributed by atoms with Crippen LogP contribution < -0.4 is 5.32 Å². The number of nitrogens with one attached hydrogen (secondary N) is 1. The Morgan fingerprint density at radius 2 is 1.91 bits per heavy atom. The number of carbonyl (C=O) groups excluding carboxylic acids is 1. The van der Waals surface area contributed by atoms with Crippen molar-refractivity contribution in [2.75, 3.05) is 11.9 Å². The summed E-state index contributed by atoms with van der Waals surface area (Å²) in [6, 6.07) is 5.04. The van der Waals surface area contributed by atoms with Crippen LogP contribution in [-0.2, 0) is 0 Å². The highest BCUT2D eigenvalue weighted by molar-refractivity contribution is 6.32. The number of rotatable bonds is 3. The van der Waals surface area contributed by atoms with Crippen LogP contribution in [0.25, 0.3) is 6.08 Å². The largest absolute Gasteiger partial charge is 0.465 e. The van der Waals surface area contributed by atoms with E-state index in [1.54, 1.807) is 19.1 Å². The van der Waals surface area contributed by atoms with Crippen LogP contribution >= 0.6 is 23.2 Å². The predicted molar refractivity (Wildman–Crippen MR) is 133 cm³/mol. The number of aromatic nitrogens is 1. The minimum Gasteiger partial charge on any atom is -0.465 e. The summed E-state index contributed by atoms with van der Waals surface area (Å²) in [5, 5.41) is 13.4. The van der Waals surface area contributed by atoms with Gasteiger partial charge in [0.2, 0.25) is 0 Å². The number of nitrogens with zero attached hydrogens (tertiary/aromatic N) is 2. The van der Waals surface area contributed by atoms with Crippen LogP contribution in [-0.4, -0.2) is 39.6 Å². The van der Waals surface area contributed by atoms with Crippen molar-refractivity contribution in [1.29, 1.82) is 0 Å². The van der Waals surface area contributed by atoms with Gasteiger partial charge in [-0.1, -0.05) is 55.6 Å². The van der Waals surface area contributed by atoms with E-state index in [2.05, 4.69) is 37.1 Å². The van der Waals surface area contributed by atoms with Crippen LogP contribution in [0.15, 0.2) is 30.0 Å². The summed E-state index contributed by atoms with van der Waals surface area (Å²) in [6.45, 7) is 10.3. The first-order chi connectivity index (χ1) is 15.4. The van der Waals surface area contributed by atoms with Crippen molar-refractivity contribution in [3.8, 4) is 0 Å². The average Bonchev–Trinajstić information content (AvgIpc) is 2.72. The molecule has 6 nitrogen and oxygen atoms in total. The number of hydrogen-bond acceptors (Lipinski definition) is 3. The SMILES string of the molecule is Cc1ncc(C(=O)Nc2cc(Cl)cc(C=C3CCN(C(=O)O)C(C(C)(C)C)C3)c2C)cc1Cl. The molecule has 1 saturated heterocycles. The molecule has 0 aliphatic carbocycles. The minimum absolute atomic E-state index is 0.118. The topological polar surface area (TPSA) is 82.5 Å². The number of piperidine rings is 1. The Balaban J connectivity index is 1.89. The van der Waals surface area contributed by atoms with E-state index in [0.717, 1.165) is 16.7 Å². The minimum atomic E-state index is -0.886. The molecule has 3 rings (SSSR count). The Kier molecular flexibility index (Phi) is 7.39. The van der Waals surface area contributed by atoms with Crippen LogP contribution in [0.1, 0.15) is 60.8 Å². The molecule has 1 atom stereocenters. The third-order valence-electron chi connectivity index (χ3n) is 6.06. The van der Waals surface area contributed by atoms with Crippen LogP contribution in [0.4, 0.5) is 10.5 Å². The molecule has 1 aromatic carbocycles. The van der Waals surface area contributed by atoms with E-state index in [0.29, 0.717) is 46.4 Å². The highest BCUT2D eigenvalue weighted by Gasteiger charge is 2.36. The van der Waals surface area contributed by atoms with Gasteiger partial charge in [0.05, 0.1) is 16.3 Å². The molecule has 0 spiro atoms. The van der Waals surface area contributed by atoms with Crippen molar-refractivity contribution in [2.45, 2.75) is 53.5 Å². The van der Waals surface area contributed by atoms with Crippen LogP contribution in [0.3, 0.4) is 0 Å². The number of amides is 2. The molecule has 1 aliphatic rings. The second-order valence-electron chi connectivity index (χ2n) is 9.53. The standard InChI is InChI=1S/C25H29Cl2N3O3/c1-14-17(8-16-6-7-30(24(32)33)22(9-16)25(3,4)5)10-19(26)12-21(14)29-23(31)18-11-20(27)15(2)28-13-18/h8,10-13,22H,6-7,9H2,1-5H3,(H,29,31)(H,32,33). The number of benzene rings is 1. The number of carboxylic acid groups (broad SMARTS) is 1. The molecule has 1 unspecified atom stereocenters. The number of aryl methyl sites for hydroxylation is 1. The first-order valence-corrected chi connectivity index (χ1v) is 11.5. The van der Waals surface area contributed by atoms with Gasteiger partial charge in [0.15, 0.2) is 0 Å². The van der Waals surface area contributed by atoms with Crippen molar-refractivity contribution >= 4 is 47.0 Å². The molecular formula is C25H29Cl2N3O3. The van der Waals surface area contributed by atoms with Gasteiger partial charge < -0.3 is 15.3 Å². The summed E-state index contributed by atoms with van der Waals surface area (Å²) in [4.78, 5) is 30.2. The Bertz CT molecular complexity index is 1120. The summed E-state index contributed by atoms with van der Waals surface area (Å²) in [5.41, 5.74) is 4.35. The molecule has 2 N–H and O–H groups in total. The van der Waals surface area contributed by atoms with E-state index in [1.165, 1.54) is 11.1 Å². The molecule has 1 fully saturated rings. The Hall–Kier alpha value is -2.57. The number of carbonyl (C=O) groups is 2. The van der Waals surface area contributed by atoms with Gasteiger partial charge in [0.1, 0.15) is 0 Å². The second kappa shape index (κ2) is 9.74. The highest BCUT2D eigenvalue weighted by Crippen LogP contribution is 2.36. The Labute approximate surface area is 204 Å². The maximum atomic E-state index is 12.8. The van der Waals surface area contributed by atoms with Crippen LogP contribution in [0, 0.1) is 19.3 Å². The van der Waals surface area contributed by atoms with E-state index >= 15 is 0 Å². The summed E-state index contributed by atoms with van der Waals surface area (Å²) >= 11 is 12.5. The Morgan fingerprint density at radius 1 is 1.21 bits per heavy atom. The molecular weight excluding hydrogens is 461 g/mol. The fourth-order valence-electron chi connectivity index (χ4n) is 4.04. The lowest BCUT2D eigenvalue weighted by Crippen LogP contribution is -2.50. The molecule has 1 aromatic heterocycles.